The molecule has 1 aliphatic carbocycles. The third-order valence-corrected chi connectivity index (χ3v) is 4.61. The van der Waals surface area contributed by atoms with E-state index in [1.54, 1.807) is 0 Å². The van der Waals surface area contributed by atoms with Crippen molar-refractivity contribution in [2.24, 2.45) is 10.8 Å². The number of ketones is 1. The Morgan fingerprint density at radius 2 is 1.75 bits per heavy atom. The van der Waals surface area contributed by atoms with E-state index in [1.807, 2.05) is 13.8 Å². The molecule has 1 aromatic carbocycles. The number of hydrogen-bond donors (Lipinski definition) is 0. The summed E-state index contributed by atoms with van der Waals surface area (Å²) >= 11 is 0. The van der Waals surface area contributed by atoms with E-state index in [1.165, 1.54) is 5.56 Å². The summed E-state index contributed by atoms with van der Waals surface area (Å²) in [4.78, 5) is 12.7. The highest BCUT2D eigenvalue weighted by molar-refractivity contribution is 5.93. The molecule has 0 bridgehead atoms. The lowest BCUT2D eigenvalue weighted by molar-refractivity contribution is -0.138. The van der Waals surface area contributed by atoms with E-state index >= 15 is 0 Å². The zero-order chi connectivity index (χ0) is 14.8. The van der Waals surface area contributed by atoms with Crippen LogP contribution >= 0.6 is 0 Å². The first kappa shape index (κ1) is 14.8. The molecule has 20 heavy (non-hydrogen) atoms. The highest BCUT2D eigenvalue weighted by Crippen LogP contribution is 2.44. The second kappa shape index (κ2) is 5.40. The molecule has 2 nitrogen and oxygen atoms in total. The predicted molar refractivity (Wildman–Crippen MR) is 80.2 cm³/mol. The smallest absolute Gasteiger partial charge is 0.158 e. The zero-order valence-electron chi connectivity index (χ0n) is 12.7. The van der Waals surface area contributed by atoms with Crippen molar-refractivity contribution in [2.45, 2.75) is 52.9 Å². The van der Waals surface area contributed by atoms with Gasteiger partial charge in [0, 0.05) is 5.41 Å². The Morgan fingerprint density at radius 3 is 2.30 bits per heavy atom. The topological polar surface area (TPSA) is 40.9 Å². The predicted octanol–water partition coefficient (Wildman–Crippen LogP) is 4.08. The molecule has 0 spiro atoms. The van der Waals surface area contributed by atoms with Gasteiger partial charge >= 0.3 is 0 Å². The molecule has 0 amide bonds. The van der Waals surface area contributed by atoms with E-state index in [9.17, 15) is 10.1 Å². The molecule has 2 rings (SSSR count). The molecule has 1 atom stereocenters. The average molecular weight is 269 g/mol. The van der Waals surface area contributed by atoms with Gasteiger partial charge in [-0.2, -0.15) is 5.26 Å². The third kappa shape index (κ3) is 2.63. The fourth-order valence-corrected chi connectivity index (χ4v) is 3.26. The Kier molecular flexibility index (Phi) is 3.99. The van der Waals surface area contributed by atoms with Gasteiger partial charge in [0.2, 0.25) is 0 Å². The number of nitrogens with zero attached hydrogens (tertiary/aromatic N) is 1. The molecular weight excluding hydrogens is 246 g/mol. The van der Waals surface area contributed by atoms with Crippen molar-refractivity contribution in [3.8, 4) is 6.07 Å². The van der Waals surface area contributed by atoms with Crippen LogP contribution in [0.15, 0.2) is 24.3 Å². The van der Waals surface area contributed by atoms with Crippen molar-refractivity contribution >= 4 is 5.78 Å². The molecule has 2 heteroatoms. The molecule has 0 heterocycles. The Morgan fingerprint density at radius 1 is 1.15 bits per heavy atom. The Hall–Kier alpha value is -1.62. The number of carbonyl (C=O) groups is 1. The quantitative estimate of drug-likeness (QED) is 0.829. The van der Waals surface area contributed by atoms with Crippen molar-refractivity contribution in [2.75, 3.05) is 0 Å². The van der Waals surface area contributed by atoms with Gasteiger partial charge in [-0.1, -0.05) is 51.5 Å². The maximum atomic E-state index is 12.7. The maximum Gasteiger partial charge on any atom is 0.158 e. The molecule has 1 aliphatic rings. The minimum absolute atomic E-state index is 0.123. The zero-order valence-corrected chi connectivity index (χ0v) is 12.7. The number of benzene rings is 1. The minimum atomic E-state index is -0.824. The van der Waals surface area contributed by atoms with E-state index in [0.717, 1.165) is 24.8 Å². The standard InChI is InChI=1S/C18H23NO/c1-4-14-6-8-15(9-7-14)12-18(13-19)11-5-10-17(2,3)16(18)20/h6-9H,4-5,10-12H2,1-3H3. The van der Waals surface area contributed by atoms with Gasteiger partial charge in [0.05, 0.1) is 6.07 Å². The third-order valence-electron chi connectivity index (χ3n) is 4.61. The van der Waals surface area contributed by atoms with Crippen molar-refractivity contribution in [3.63, 3.8) is 0 Å². The largest absolute Gasteiger partial charge is 0.297 e. The van der Waals surface area contributed by atoms with Crippen LogP contribution < -0.4 is 0 Å². The Labute approximate surface area is 121 Å². The van der Waals surface area contributed by atoms with E-state index in [-0.39, 0.29) is 11.2 Å². The van der Waals surface area contributed by atoms with Gasteiger partial charge in [-0.3, -0.25) is 4.79 Å². The molecule has 1 unspecified atom stereocenters. The summed E-state index contributed by atoms with van der Waals surface area (Å²) in [5.41, 5.74) is 1.19. The first-order valence-electron chi connectivity index (χ1n) is 7.47. The normalized spacial score (nSPS) is 25.2. The average Bonchev–Trinajstić information content (AvgIpc) is 2.45. The summed E-state index contributed by atoms with van der Waals surface area (Å²) in [6, 6.07) is 10.7. The summed E-state index contributed by atoms with van der Waals surface area (Å²) in [5.74, 6) is 0.123. The van der Waals surface area contributed by atoms with Crippen LogP contribution in [0.3, 0.4) is 0 Å². The lowest BCUT2D eigenvalue weighted by Gasteiger charge is -2.39. The molecule has 0 N–H and O–H groups in total. The Bertz CT molecular complexity index is 536. The molecule has 0 radical (unpaired) electrons. The highest BCUT2D eigenvalue weighted by atomic mass is 16.1. The number of aryl methyl sites for hydroxylation is 1. The molecule has 106 valence electrons. The Balaban J connectivity index is 2.27. The van der Waals surface area contributed by atoms with Crippen molar-refractivity contribution in [3.05, 3.63) is 35.4 Å². The number of rotatable bonds is 3. The summed E-state index contributed by atoms with van der Waals surface area (Å²) in [5, 5.41) is 9.64. The van der Waals surface area contributed by atoms with Gasteiger partial charge in [-0.15, -0.1) is 0 Å². The molecule has 0 aromatic heterocycles. The molecule has 0 saturated heterocycles. The fourth-order valence-electron chi connectivity index (χ4n) is 3.26. The van der Waals surface area contributed by atoms with Crippen LogP contribution in [0, 0.1) is 22.2 Å². The molecule has 1 fully saturated rings. The summed E-state index contributed by atoms with van der Waals surface area (Å²) < 4.78 is 0. The van der Waals surface area contributed by atoms with E-state index in [2.05, 4.69) is 37.3 Å². The van der Waals surface area contributed by atoms with Crippen LogP contribution in [-0.2, 0) is 17.6 Å². The van der Waals surface area contributed by atoms with Gasteiger partial charge in [0.25, 0.3) is 0 Å². The number of carbonyl (C=O) groups excluding carboxylic acids is 1. The van der Waals surface area contributed by atoms with Gasteiger partial charge in [-0.25, -0.2) is 0 Å². The van der Waals surface area contributed by atoms with Gasteiger partial charge < -0.3 is 0 Å². The number of Topliss-reactive ketones (excluding diaryl/α,β-unsaturated/α-hetero) is 1. The molecule has 1 aromatic rings. The van der Waals surface area contributed by atoms with E-state index in [0.29, 0.717) is 12.8 Å². The summed E-state index contributed by atoms with van der Waals surface area (Å²) in [7, 11) is 0. The van der Waals surface area contributed by atoms with Crippen molar-refractivity contribution in [1.29, 1.82) is 5.26 Å². The van der Waals surface area contributed by atoms with Crippen molar-refractivity contribution in [1.82, 2.24) is 0 Å². The lowest BCUT2D eigenvalue weighted by Crippen LogP contribution is -2.45. The van der Waals surface area contributed by atoms with Crippen LogP contribution in [-0.4, -0.2) is 5.78 Å². The maximum absolute atomic E-state index is 12.7. The number of hydrogen-bond acceptors (Lipinski definition) is 2. The lowest BCUT2D eigenvalue weighted by atomic mass is 9.61. The molecule has 0 aliphatic heterocycles. The highest BCUT2D eigenvalue weighted by Gasteiger charge is 2.48. The van der Waals surface area contributed by atoms with Gasteiger partial charge in [0.1, 0.15) is 5.41 Å². The first-order chi connectivity index (χ1) is 9.43. The van der Waals surface area contributed by atoms with Crippen LogP contribution in [0.2, 0.25) is 0 Å². The van der Waals surface area contributed by atoms with Crippen LogP contribution in [0.4, 0.5) is 0 Å². The fraction of sp³-hybridized carbons (Fsp3) is 0.556. The van der Waals surface area contributed by atoms with Crippen LogP contribution in [0.5, 0.6) is 0 Å². The van der Waals surface area contributed by atoms with Crippen molar-refractivity contribution < 1.29 is 4.79 Å². The summed E-state index contributed by atoms with van der Waals surface area (Å²) in [6.07, 6.45) is 4.11. The van der Waals surface area contributed by atoms with E-state index < -0.39 is 5.41 Å². The minimum Gasteiger partial charge on any atom is -0.297 e. The van der Waals surface area contributed by atoms with Crippen LogP contribution in [0.1, 0.15) is 51.2 Å². The second-order valence-corrected chi connectivity index (χ2v) is 6.61. The van der Waals surface area contributed by atoms with Gasteiger partial charge in [-0.05, 0) is 36.8 Å². The number of nitriles is 1. The monoisotopic (exact) mass is 269 g/mol. The van der Waals surface area contributed by atoms with Crippen LogP contribution in [0.25, 0.3) is 0 Å². The second-order valence-electron chi connectivity index (χ2n) is 6.61. The van der Waals surface area contributed by atoms with Gasteiger partial charge in [0.15, 0.2) is 5.78 Å². The first-order valence-corrected chi connectivity index (χ1v) is 7.47. The SMILES string of the molecule is CCc1ccc(CC2(C#N)CCCC(C)(C)C2=O)cc1. The summed E-state index contributed by atoms with van der Waals surface area (Å²) in [6.45, 7) is 6.07. The van der Waals surface area contributed by atoms with E-state index in [4.69, 9.17) is 0 Å². The molecule has 1 saturated carbocycles. The molecular formula is C18H23NO.